The molecule has 0 bridgehead atoms. The molecule has 0 aromatic heterocycles. The Morgan fingerprint density at radius 3 is 2.50 bits per heavy atom. The van der Waals surface area contributed by atoms with E-state index < -0.39 is 10.0 Å². The molecule has 1 aromatic rings. The highest BCUT2D eigenvalue weighted by molar-refractivity contribution is 7.99. The van der Waals surface area contributed by atoms with Gasteiger partial charge in [0.1, 0.15) is 0 Å². The second kappa shape index (κ2) is 7.78. The molecule has 0 aliphatic rings. The van der Waals surface area contributed by atoms with Gasteiger partial charge in [-0.05, 0) is 19.2 Å². The van der Waals surface area contributed by atoms with Crippen LogP contribution in [0.5, 0.6) is 0 Å². The highest BCUT2D eigenvalue weighted by Crippen LogP contribution is 2.16. The molecule has 1 aromatic carbocycles. The molecule has 0 unspecified atom stereocenters. The van der Waals surface area contributed by atoms with Gasteiger partial charge >= 0.3 is 0 Å². The van der Waals surface area contributed by atoms with Crippen LogP contribution in [0.15, 0.2) is 35.2 Å². The second-order valence-corrected chi connectivity index (χ2v) is 7.13. The van der Waals surface area contributed by atoms with Crippen LogP contribution < -0.4 is 4.72 Å². The number of nitrogens with one attached hydrogen (secondary N) is 1. The summed E-state index contributed by atoms with van der Waals surface area (Å²) in [7, 11) is -1.07. The summed E-state index contributed by atoms with van der Waals surface area (Å²) in [6.07, 6.45) is 1.18. The Morgan fingerprint density at radius 2 is 1.89 bits per heavy atom. The predicted octanol–water partition coefficient (Wildman–Crippen LogP) is 1.26. The molecule has 6 heteroatoms. The summed E-state index contributed by atoms with van der Waals surface area (Å²) in [5.74, 6) is 0.999. The number of thioether (sulfide) groups is 1. The molecular formula is C12H20N2O2S2. The third kappa shape index (κ3) is 7.71. The Kier molecular flexibility index (Phi) is 6.70. The number of hydrogen-bond donors (Lipinski definition) is 1. The van der Waals surface area contributed by atoms with Gasteiger partial charge in [-0.15, -0.1) is 11.8 Å². The Bertz CT molecular complexity index is 435. The first-order chi connectivity index (χ1) is 8.47. The van der Waals surface area contributed by atoms with E-state index in [4.69, 9.17) is 0 Å². The fourth-order valence-corrected chi connectivity index (χ4v) is 2.82. The van der Waals surface area contributed by atoms with Crippen LogP contribution >= 0.6 is 11.8 Å². The summed E-state index contributed by atoms with van der Waals surface area (Å²) >= 11 is 1.81. The average molecular weight is 288 g/mol. The highest BCUT2D eigenvalue weighted by Gasteiger charge is 2.02. The van der Waals surface area contributed by atoms with Crippen LogP contribution in [0.2, 0.25) is 0 Å². The predicted molar refractivity (Wildman–Crippen MR) is 77.5 cm³/mol. The van der Waals surface area contributed by atoms with Crippen molar-refractivity contribution < 1.29 is 8.42 Å². The Labute approximate surface area is 114 Å². The number of hydrogen-bond acceptors (Lipinski definition) is 4. The molecule has 0 saturated carbocycles. The Balaban J connectivity index is 2.12. The fraction of sp³-hybridized carbons (Fsp3) is 0.500. The fourth-order valence-electron chi connectivity index (χ4n) is 1.37. The normalized spacial score (nSPS) is 11.9. The summed E-state index contributed by atoms with van der Waals surface area (Å²) in [5, 5.41) is 0. The molecule has 0 fully saturated rings. The number of likely N-dealkylation sites (N-methyl/N-ethyl adjacent to an activating group) is 1. The molecule has 1 rings (SSSR count). The first kappa shape index (κ1) is 15.5. The summed E-state index contributed by atoms with van der Waals surface area (Å²) in [6.45, 7) is 2.12. The number of nitrogens with zero attached hydrogens (tertiary/aromatic N) is 1. The van der Waals surface area contributed by atoms with Crippen LogP contribution in [-0.2, 0) is 10.0 Å². The lowest BCUT2D eigenvalue weighted by Gasteiger charge is -2.16. The summed E-state index contributed by atoms with van der Waals surface area (Å²) in [5.41, 5.74) is 0. The van der Waals surface area contributed by atoms with Crippen LogP contribution in [0.4, 0.5) is 0 Å². The SMILES string of the molecule is CN(CCNS(C)(=O)=O)CCSc1ccccc1. The molecule has 1 N–H and O–H groups in total. The van der Waals surface area contributed by atoms with Gasteiger partial charge in [0, 0.05) is 30.3 Å². The molecule has 4 nitrogen and oxygen atoms in total. The topological polar surface area (TPSA) is 49.4 Å². The first-order valence-electron chi connectivity index (χ1n) is 5.78. The number of sulfonamides is 1. The monoisotopic (exact) mass is 288 g/mol. The third-order valence-electron chi connectivity index (χ3n) is 2.34. The van der Waals surface area contributed by atoms with Crippen molar-refractivity contribution in [3.05, 3.63) is 30.3 Å². The lowest BCUT2D eigenvalue weighted by molar-refractivity contribution is 0.361. The second-order valence-electron chi connectivity index (χ2n) is 4.13. The lowest BCUT2D eigenvalue weighted by Crippen LogP contribution is -2.33. The smallest absolute Gasteiger partial charge is 0.208 e. The van der Waals surface area contributed by atoms with Gasteiger partial charge < -0.3 is 4.90 Å². The van der Waals surface area contributed by atoms with Gasteiger partial charge in [0.05, 0.1) is 6.26 Å². The van der Waals surface area contributed by atoms with Gasteiger partial charge in [-0.2, -0.15) is 0 Å². The Hall–Kier alpha value is -0.560. The van der Waals surface area contributed by atoms with Crippen molar-refractivity contribution in [2.45, 2.75) is 4.90 Å². The molecule has 0 amide bonds. The van der Waals surface area contributed by atoms with Crippen LogP contribution in [0.25, 0.3) is 0 Å². The lowest BCUT2D eigenvalue weighted by atomic mass is 10.4. The van der Waals surface area contributed by atoms with Crippen molar-refractivity contribution in [3.63, 3.8) is 0 Å². The van der Waals surface area contributed by atoms with Crippen LogP contribution in [0.1, 0.15) is 0 Å². The number of rotatable bonds is 8. The van der Waals surface area contributed by atoms with E-state index in [1.165, 1.54) is 11.2 Å². The van der Waals surface area contributed by atoms with E-state index in [1.807, 2.05) is 37.0 Å². The number of benzene rings is 1. The van der Waals surface area contributed by atoms with Gasteiger partial charge in [-0.25, -0.2) is 13.1 Å². The van der Waals surface area contributed by atoms with Crippen LogP contribution in [0.3, 0.4) is 0 Å². The molecule has 102 valence electrons. The van der Waals surface area contributed by atoms with Gasteiger partial charge in [0.25, 0.3) is 0 Å². The average Bonchev–Trinajstić information content (AvgIpc) is 2.28. The maximum atomic E-state index is 10.9. The van der Waals surface area contributed by atoms with E-state index in [-0.39, 0.29) is 0 Å². The van der Waals surface area contributed by atoms with E-state index in [1.54, 1.807) is 0 Å². The molecule has 0 atom stereocenters. The zero-order valence-corrected chi connectivity index (χ0v) is 12.4. The van der Waals surface area contributed by atoms with E-state index in [2.05, 4.69) is 21.8 Å². The van der Waals surface area contributed by atoms with E-state index in [0.717, 1.165) is 18.8 Å². The van der Waals surface area contributed by atoms with Gasteiger partial charge in [-0.1, -0.05) is 18.2 Å². The van der Waals surface area contributed by atoms with Crippen molar-refractivity contribution in [3.8, 4) is 0 Å². The van der Waals surface area contributed by atoms with Gasteiger partial charge in [0.15, 0.2) is 0 Å². The summed E-state index contributed by atoms with van der Waals surface area (Å²) in [6, 6.07) is 10.3. The maximum absolute atomic E-state index is 10.9. The zero-order valence-electron chi connectivity index (χ0n) is 10.8. The standard InChI is InChI=1S/C12H20N2O2S2/c1-14(9-8-13-18(2,15)16)10-11-17-12-6-4-3-5-7-12/h3-7,13H,8-11H2,1-2H3. The van der Waals surface area contributed by atoms with Crippen LogP contribution in [0, 0.1) is 0 Å². The van der Waals surface area contributed by atoms with Crippen molar-refractivity contribution in [2.24, 2.45) is 0 Å². The molecule has 0 aliphatic heterocycles. The molecule has 0 heterocycles. The highest BCUT2D eigenvalue weighted by atomic mass is 32.2. The molecule has 0 radical (unpaired) electrons. The van der Waals surface area contributed by atoms with Crippen molar-refractivity contribution in [1.29, 1.82) is 0 Å². The van der Waals surface area contributed by atoms with E-state index in [0.29, 0.717) is 6.54 Å². The minimum Gasteiger partial charge on any atom is -0.304 e. The zero-order chi connectivity index (χ0) is 13.4. The summed E-state index contributed by atoms with van der Waals surface area (Å²) in [4.78, 5) is 3.38. The van der Waals surface area contributed by atoms with E-state index >= 15 is 0 Å². The molecular weight excluding hydrogens is 268 g/mol. The van der Waals surface area contributed by atoms with Gasteiger partial charge in [0.2, 0.25) is 10.0 Å². The van der Waals surface area contributed by atoms with Crippen LogP contribution in [-0.4, -0.2) is 52.0 Å². The largest absolute Gasteiger partial charge is 0.304 e. The first-order valence-corrected chi connectivity index (χ1v) is 8.66. The molecule has 0 aliphatic carbocycles. The van der Waals surface area contributed by atoms with Crippen molar-refractivity contribution in [1.82, 2.24) is 9.62 Å². The quantitative estimate of drug-likeness (QED) is 0.732. The Morgan fingerprint density at radius 1 is 1.22 bits per heavy atom. The summed E-state index contributed by atoms with van der Waals surface area (Å²) < 4.78 is 24.2. The minimum atomic E-state index is -3.07. The minimum absolute atomic E-state index is 0.464. The van der Waals surface area contributed by atoms with Gasteiger partial charge in [-0.3, -0.25) is 0 Å². The molecule has 0 spiro atoms. The molecule has 18 heavy (non-hydrogen) atoms. The molecule has 0 saturated heterocycles. The van der Waals surface area contributed by atoms with Crippen molar-refractivity contribution in [2.75, 3.05) is 38.7 Å². The van der Waals surface area contributed by atoms with Crippen molar-refractivity contribution >= 4 is 21.8 Å². The third-order valence-corrected chi connectivity index (χ3v) is 4.06. The maximum Gasteiger partial charge on any atom is 0.208 e. The van der Waals surface area contributed by atoms with E-state index in [9.17, 15) is 8.42 Å².